The van der Waals surface area contributed by atoms with Gasteiger partial charge in [-0.15, -0.1) is 0 Å². The summed E-state index contributed by atoms with van der Waals surface area (Å²) in [5.41, 5.74) is -1.88. The predicted molar refractivity (Wildman–Crippen MR) is 52.3 cm³/mol. The van der Waals surface area contributed by atoms with E-state index in [9.17, 15) is 23.3 Å². The van der Waals surface area contributed by atoms with Crippen LogP contribution in [0.3, 0.4) is 0 Å². The molecule has 0 spiro atoms. The van der Waals surface area contributed by atoms with Gasteiger partial charge in [0.15, 0.2) is 0 Å². The number of nitrogens with one attached hydrogen (secondary N) is 1. The summed E-state index contributed by atoms with van der Waals surface area (Å²) in [6.07, 6.45) is -4.72. The zero-order valence-corrected chi connectivity index (χ0v) is 8.34. The van der Waals surface area contributed by atoms with Crippen LogP contribution in [0.5, 0.6) is 0 Å². The molecule has 0 radical (unpaired) electrons. The molecule has 0 atom stereocenters. The molecular weight excluding hydrogens is 225 g/mol. The molecule has 1 N–H and O–H groups in total. The van der Waals surface area contributed by atoms with Gasteiger partial charge in [0.25, 0.3) is 5.69 Å². The lowest BCUT2D eigenvalue weighted by Crippen LogP contribution is -2.09. The molecule has 0 aliphatic heterocycles. The van der Waals surface area contributed by atoms with Gasteiger partial charge in [-0.05, 0) is 19.1 Å². The van der Waals surface area contributed by atoms with Gasteiger partial charge < -0.3 is 5.32 Å². The Labute approximate surface area is 89.2 Å². The lowest BCUT2D eigenvalue weighted by Gasteiger charge is -2.09. The molecule has 0 aromatic heterocycles. The van der Waals surface area contributed by atoms with Crippen LogP contribution >= 0.6 is 0 Å². The normalized spacial score (nSPS) is 11.2. The Morgan fingerprint density at radius 1 is 1.44 bits per heavy atom. The van der Waals surface area contributed by atoms with Crippen molar-refractivity contribution in [3.8, 4) is 0 Å². The van der Waals surface area contributed by atoms with Gasteiger partial charge in [-0.2, -0.15) is 13.2 Å². The lowest BCUT2D eigenvalue weighted by atomic mass is 10.1. The highest BCUT2D eigenvalue weighted by Gasteiger charge is 2.38. The summed E-state index contributed by atoms with van der Waals surface area (Å²) in [4.78, 5) is 9.46. The third kappa shape index (κ3) is 2.62. The van der Waals surface area contributed by atoms with E-state index >= 15 is 0 Å². The standard InChI is InChI=1S/C9H9F3N2O2/c1-2-13-6-3-4-7(9(10,11)12)8(5-6)14(15)16/h3-5,13H,2H2,1H3. The van der Waals surface area contributed by atoms with E-state index in [0.29, 0.717) is 18.3 Å². The first-order valence-electron chi connectivity index (χ1n) is 4.45. The number of hydrogen-bond acceptors (Lipinski definition) is 3. The average molecular weight is 234 g/mol. The van der Waals surface area contributed by atoms with Crippen molar-refractivity contribution < 1.29 is 18.1 Å². The van der Waals surface area contributed by atoms with Crippen LogP contribution in [0, 0.1) is 10.1 Å². The van der Waals surface area contributed by atoms with Gasteiger partial charge in [0.05, 0.1) is 4.92 Å². The molecule has 0 saturated carbocycles. The van der Waals surface area contributed by atoms with Crippen LogP contribution < -0.4 is 5.32 Å². The monoisotopic (exact) mass is 234 g/mol. The molecule has 4 nitrogen and oxygen atoms in total. The molecule has 0 heterocycles. The molecule has 1 rings (SSSR count). The van der Waals surface area contributed by atoms with Crippen LogP contribution in [-0.2, 0) is 6.18 Å². The van der Waals surface area contributed by atoms with Crippen LogP contribution in [0.2, 0.25) is 0 Å². The molecule has 0 saturated heterocycles. The number of benzene rings is 1. The smallest absolute Gasteiger partial charge is 0.385 e. The maximum Gasteiger partial charge on any atom is 0.423 e. The second-order valence-corrected chi connectivity index (χ2v) is 3.02. The highest BCUT2D eigenvalue weighted by atomic mass is 19.4. The zero-order chi connectivity index (χ0) is 12.3. The van der Waals surface area contributed by atoms with Gasteiger partial charge in [0, 0.05) is 18.3 Å². The predicted octanol–water partition coefficient (Wildman–Crippen LogP) is 3.05. The molecule has 1 aromatic carbocycles. The van der Waals surface area contributed by atoms with Crippen LogP contribution in [0.15, 0.2) is 18.2 Å². The largest absolute Gasteiger partial charge is 0.423 e. The summed E-state index contributed by atoms with van der Waals surface area (Å²) in [5, 5.41) is 13.2. The van der Waals surface area contributed by atoms with Crippen molar-refractivity contribution in [3.63, 3.8) is 0 Å². The molecule has 0 unspecified atom stereocenters. The van der Waals surface area contributed by atoms with E-state index in [1.165, 1.54) is 6.07 Å². The minimum absolute atomic E-state index is 0.294. The van der Waals surface area contributed by atoms with Gasteiger partial charge >= 0.3 is 6.18 Å². The van der Waals surface area contributed by atoms with Crippen LogP contribution in [-0.4, -0.2) is 11.5 Å². The molecule has 0 aliphatic rings. The second-order valence-electron chi connectivity index (χ2n) is 3.02. The summed E-state index contributed by atoms with van der Waals surface area (Å²) >= 11 is 0. The number of hydrogen-bond donors (Lipinski definition) is 1. The van der Waals surface area contributed by atoms with Gasteiger partial charge in [0.2, 0.25) is 0 Å². The Morgan fingerprint density at radius 3 is 2.50 bits per heavy atom. The minimum atomic E-state index is -4.72. The fourth-order valence-corrected chi connectivity index (χ4v) is 1.24. The number of anilines is 1. The molecule has 0 fully saturated rings. The fourth-order valence-electron chi connectivity index (χ4n) is 1.24. The molecule has 7 heteroatoms. The minimum Gasteiger partial charge on any atom is -0.385 e. The first-order valence-corrected chi connectivity index (χ1v) is 4.45. The van der Waals surface area contributed by atoms with E-state index in [-0.39, 0.29) is 0 Å². The van der Waals surface area contributed by atoms with E-state index in [1.54, 1.807) is 6.92 Å². The highest BCUT2D eigenvalue weighted by molar-refractivity contribution is 5.56. The van der Waals surface area contributed by atoms with Crippen molar-refractivity contribution in [3.05, 3.63) is 33.9 Å². The number of nitro benzene ring substituents is 1. The van der Waals surface area contributed by atoms with Gasteiger partial charge in [0.1, 0.15) is 5.56 Å². The number of nitro groups is 1. The summed E-state index contributed by atoms with van der Waals surface area (Å²) in [7, 11) is 0. The highest BCUT2D eigenvalue weighted by Crippen LogP contribution is 2.37. The molecule has 88 valence electrons. The average Bonchev–Trinajstić information content (AvgIpc) is 2.16. The Bertz CT molecular complexity index is 404. The van der Waals surface area contributed by atoms with Crippen molar-refractivity contribution in [2.45, 2.75) is 13.1 Å². The number of halogens is 3. The Morgan fingerprint density at radius 2 is 2.06 bits per heavy atom. The number of nitrogens with zero attached hydrogens (tertiary/aromatic N) is 1. The third-order valence-corrected chi connectivity index (χ3v) is 1.88. The topological polar surface area (TPSA) is 55.2 Å². The second kappa shape index (κ2) is 4.38. The lowest BCUT2D eigenvalue weighted by molar-refractivity contribution is -0.388. The van der Waals surface area contributed by atoms with Crippen molar-refractivity contribution in [1.29, 1.82) is 0 Å². The Balaban J connectivity index is 3.25. The Kier molecular flexibility index (Phi) is 3.36. The van der Waals surface area contributed by atoms with E-state index in [4.69, 9.17) is 0 Å². The van der Waals surface area contributed by atoms with E-state index in [0.717, 1.165) is 6.07 Å². The molecular formula is C9H9F3N2O2. The molecule has 16 heavy (non-hydrogen) atoms. The van der Waals surface area contributed by atoms with Gasteiger partial charge in [-0.25, -0.2) is 0 Å². The van der Waals surface area contributed by atoms with Crippen LogP contribution in [0.25, 0.3) is 0 Å². The number of alkyl halides is 3. The molecule has 0 amide bonds. The van der Waals surface area contributed by atoms with E-state index < -0.39 is 22.4 Å². The Hall–Kier alpha value is -1.79. The molecule has 0 aliphatic carbocycles. The summed E-state index contributed by atoms with van der Waals surface area (Å²) < 4.78 is 37.2. The SMILES string of the molecule is CCNc1ccc(C(F)(F)F)c([N+](=O)[O-])c1. The van der Waals surface area contributed by atoms with E-state index in [2.05, 4.69) is 5.32 Å². The first-order chi connectivity index (χ1) is 7.36. The maximum atomic E-state index is 12.4. The van der Waals surface area contributed by atoms with E-state index in [1.807, 2.05) is 0 Å². The fraction of sp³-hybridized carbons (Fsp3) is 0.333. The number of rotatable bonds is 3. The summed E-state index contributed by atoms with van der Waals surface area (Å²) in [6, 6.07) is 2.75. The maximum absolute atomic E-state index is 12.4. The van der Waals surface area contributed by atoms with Crippen LogP contribution in [0.1, 0.15) is 12.5 Å². The van der Waals surface area contributed by atoms with Crippen molar-refractivity contribution in [1.82, 2.24) is 0 Å². The van der Waals surface area contributed by atoms with Crippen molar-refractivity contribution in [2.75, 3.05) is 11.9 Å². The van der Waals surface area contributed by atoms with Crippen molar-refractivity contribution in [2.24, 2.45) is 0 Å². The summed E-state index contributed by atoms with van der Waals surface area (Å²) in [5.74, 6) is 0. The molecule has 1 aromatic rings. The van der Waals surface area contributed by atoms with Crippen LogP contribution in [0.4, 0.5) is 24.5 Å². The first kappa shape index (κ1) is 12.3. The third-order valence-electron chi connectivity index (χ3n) is 1.88. The quantitative estimate of drug-likeness (QED) is 0.646. The summed E-state index contributed by atoms with van der Waals surface area (Å²) in [6.45, 7) is 2.21. The molecule has 0 bridgehead atoms. The van der Waals surface area contributed by atoms with Crippen molar-refractivity contribution >= 4 is 11.4 Å². The van der Waals surface area contributed by atoms with Gasteiger partial charge in [-0.1, -0.05) is 0 Å². The zero-order valence-electron chi connectivity index (χ0n) is 8.34. The van der Waals surface area contributed by atoms with Gasteiger partial charge in [-0.3, -0.25) is 10.1 Å².